The summed E-state index contributed by atoms with van der Waals surface area (Å²) in [5, 5.41) is 5.10. The molecule has 0 fully saturated rings. The van der Waals surface area contributed by atoms with Gasteiger partial charge >= 0.3 is 0 Å². The molecule has 0 atom stereocenters. The molecule has 46 heavy (non-hydrogen) atoms. The number of hydrogen-bond acceptors (Lipinski definition) is 0. The lowest BCUT2D eigenvalue weighted by Gasteiger charge is -2.15. The van der Waals surface area contributed by atoms with Gasteiger partial charge in [0.1, 0.15) is 0 Å². The molecule has 0 radical (unpaired) electrons. The minimum absolute atomic E-state index is 1.18. The molecule has 2 heterocycles. The molecule has 0 bridgehead atoms. The molecule has 0 N–H and O–H groups in total. The average molecular weight is 589 g/mol. The van der Waals surface area contributed by atoms with Gasteiger partial charge < -0.3 is 9.13 Å². The SMILES string of the molecule is Cc1cc(-c2ccc3c(c2)c2ccccc2n3-c2ccccc2)cc(C)c1-c1ccc2c(c1)c1ccccc1n2-c1ccccc1. The third kappa shape index (κ3) is 4.04. The normalized spacial score (nSPS) is 11.7. The Balaban J connectivity index is 1.18. The number of aryl methyl sites for hydroxylation is 2. The molecule has 0 saturated heterocycles. The molecule has 218 valence electrons. The number of para-hydroxylation sites is 4. The molecule has 0 saturated carbocycles. The Kier molecular flexibility index (Phi) is 5.97. The zero-order chi connectivity index (χ0) is 30.8. The molecule has 0 unspecified atom stereocenters. The maximum atomic E-state index is 2.39. The van der Waals surface area contributed by atoms with E-state index >= 15 is 0 Å². The van der Waals surface area contributed by atoms with E-state index in [-0.39, 0.29) is 0 Å². The van der Waals surface area contributed by atoms with E-state index in [1.165, 1.54) is 88.4 Å². The van der Waals surface area contributed by atoms with Crippen LogP contribution in [0.2, 0.25) is 0 Å². The molecule has 0 aliphatic heterocycles. The van der Waals surface area contributed by atoms with Gasteiger partial charge in [0, 0.05) is 32.9 Å². The Morgan fingerprint density at radius 3 is 1.26 bits per heavy atom. The molecule has 7 aromatic carbocycles. The smallest absolute Gasteiger partial charge is 0.0541 e. The van der Waals surface area contributed by atoms with Crippen LogP contribution in [0.15, 0.2) is 158 Å². The molecule has 0 aliphatic carbocycles. The molecule has 0 amide bonds. The third-order valence-electron chi connectivity index (χ3n) is 9.53. The van der Waals surface area contributed by atoms with Crippen molar-refractivity contribution in [3.63, 3.8) is 0 Å². The summed E-state index contributed by atoms with van der Waals surface area (Å²) in [6, 6.07) is 57.4. The summed E-state index contributed by atoms with van der Waals surface area (Å²) in [5.74, 6) is 0. The summed E-state index contributed by atoms with van der Waals surface area (Å²) in [4.78, 5) is 0. The van der Waals surface area contributed by atoms with Crippen molar-refractivity contribution in [3.8, 4) is 33.6 Å². The first-order chi connectivity index (χ1) is 22.7. The van der Waals surface area contributed by atoms with Crippen LogP contribution in [0.3, 0.4) is 0 Å². The Labute approximate surface area is 268 Å². The molecule has 2 nitrogen and oxygen atoms in total. The monoisotopic (exact) mass is 588 g/mol. The first kappa shape index (κ1) is 26.5. The fraction of sp³-hybridized carbons (Fsp3) is 0.0455. The van der Waals surface area contributed by atoms with Crippen LogP contribution in [-0.2, 0) is 0 Å². The van der Waals surface area contributed by atoms with E-state index in [1.807, 2.05) is 0 Å². The van der Waals surface area contributed by atoms with Gasteiger partial charge in [-0.1, -0.05) is 97.1 Å². The first-order valence-electron chi connectivity index (χ1n) is 15.9. The highest BCUT2D eigenvalue weighted by atomic mass is 15.0. The summed E-state index contributed by atoms with van der Waals surface area (Å²) < 4.78 is 4.75. The van der Waals surface area contributed by atoms with Crippen molar-refractivity contribution in [3.05, 3.63) is 169 Å². The van der Waals surface area contributed by atoms with Crippen molar-refractivity contribution in [1.82, 2.24) is 9.13 Å². The summed E-state index contributed by atoms with van der Waals surface area (Å²) in [6.07, 6.45) is 0. The molecule has 2 aromatic heterocycles. The van der Waals surface area contributed by atoms with Gasteiger partial charge in [-0.3, -0.25) is 0 Å². The molecule has 0 aliphatic rings. The van der Waals surface area contributed by atoms with Crippen LogP contribution < -0.4 is 0 Å². The lowest BCUT2D eigenvalue weighted by Crippen LogP contribution is -1.94. The Hall–Kier alpha value is -5.86. The van der Waals surface area contributed by atoms with Crippen LogP contribution in [0.25, 0.3) is 77.2 Å². The van der Waals surface area contributed by atoms with Crippen molar-refractivity contribution < 1.29 is 0 Å². The van der Waals surface area contributed by atoms with Crippen molar-refractivity contribution in [2.75, 3.05) is 0 Å². The van der Waals surface area contributed by atoms with Gasteiger partial charge in [-0.2, -0.15) is 0 Å². The van der Waals surface area contributed by atoms with Crippen LogP contribution in [-0.4, -0.2) is 9.13 Å². The second-order valence-corrected chi connectivity index (χ2v) is 12.3. The van der Waals surface area contributed by atoms with Gasteiger partial charge in [0.2, 0.25) is 0 Å². The predicted octanol–water partition coefficient (Wildman–Crippen LogP) is 11.8. The molecular formula is C44H32N2. The van der Waals surface area contributed by atoms with Gasteiger partial charge in [-0.15, -0.1) is 0 Å². The fourth-order valence-corrected chi connectivity index (χ4v) is 7.58. The van der Waals surface area contributed by atoms with Gasteiger partial charge in [-0.05, 0) is 108 Å². The summed E-state index contributed by atoms with van der Waals surface area (Å²) in [5.41, 5.74) is 14.9. The Bertz CT molecular complexity index is 2560. The van der Waals surface area contributed by atoms with E-state index in [0.717, 1.165) is 0 Å². The third-order valence-corrected chi connectivity index (χ3v) is 9.53. The number of aromatic nitrogens is 2. The van der Waals surface area contributed by atoms with E-state index in [9.17, 15) is 0 Å². The summed E-state index contributed by atoms with van der Waals surface area (Å²) >= 11 is 0. The molecule has 9 aromatic rings. The first-order valence-corrected chi connectivity index (χ1v) is 15.9. The zero-order valence-electron chi connectivity index (χ0n) is 25.9. The molecule has 9 rings (SSSR count). The topological polar surface area (TPSA) is 9.86 Å². The lowest BCUT2D eigenvalue weighted by atomic mass is 9.90. The van der Waals surface area contributed by atoms with E-state index < -0.39 is 0 Å². The van der Waals surface area contributed by atoms with Crippen molar-refractivity contribution in [2.45, 2.75) is 13.8 Å². The Morgan fingerprint density at radius 2 is 0.739 bits per heavy atom. The number of hydrogen-bond donors (Lipinski definition) is 0. The standard InChI is InChI=1S/C44H32N2/c1-29-25-33(31-21-23-42-38(27-31)36-17-9-11-19-40(36)45(42)34-13-5-3-6-14-34)26-30(2)44(29)32-22-24-43-39(28-32)37-18-10-12-20-41(37)46(43)35-15-7-4-8-16-35/h3-28H,1-2H3. The average Bonchev–Trinajstić information content (AvgIpc) is 3.61. The highest BCUT2D eigenvalue weighted by molar-refractivity contribution is 6.11. The lowest BCUT2D eigenvalue weighted by molar-refractivity contribution is 1.18. The number of fused-ring (bicyclic) bond motifs is 6. The van der Waals surface area contributed by atoms with Gasteiger partial charge in [0.05, 0.1) is 22.1 Å². The van der Waals surface area contributed by atoms with E-state index in [1.54, 1.807) is 0 Å². The van der Waals surface area contributed by atoms with Crippen LogP contribution in [0.5, 0.6) is 0 Å². The maximum absolute atomic E-state index is 2.39. The van der Waals surface area contributed by atoms with Crippen molar-refractivity contribution in [1.29, 1.82) is 0 Å². The Morgan fingerprint density at radius 1 is 0.326 bits per heavy atom. The van der Waals surface area contributed by atoms with Crippen LogP contribution in [0, 0.1) is 13.8 Å². The quantitative estimate of drug-likeness (QED) is 0.194. The van der Waals surface area contributed by atoms with Crippen LogP contribution in [0.1, 0.15) is 11.1 Å². The van der Waals surface area contributed by atoms with E-state index in [2.05, 4.69) is 181 Å². The van der Waals surface area contributed by atoms with E-state index in [0.29, 0.717) is 0 Å². The maximum Gasteiger partial charge on any atom is 0.0541 e. The van der Waals surface area contributed by atoms with Gasteiger partial charge in [-0.25, -0.2) is 0 Å². The summed E-state index contributed by atoms with van der Waals surface area (Å²) in [6.45, 7) is 4.51. The number of rotatable bonds is 4. The number of benzene rings is 7. The van der Waals surface area contributed by atoms with Crippen LogP contribution in [0.4, 0.5) is 0 Å². The molecular weight excluding hydrogens is 556 g/mol. The largest absolute Gasteiger partial charge is 0.309 e. The number of nitrogens with zero attached hydrogens (tertiary/aromatic N) is 2. The van der Waals surface area contributed by atoms with Gasteiger partial charge in [0.15, 0.2) is 0 Å². The summed E-state index contributed by atoms with van der Waals surface area (Å²) in [7, 11) is 0. The second kappa shape index (κ2) is 10.4. The molecule has 0 spiro atoms. The van der Waals surface area contributed by atoms with Gasteiger partial charge in [0.25, 0.3) is 0 Å². The highest BCUT2D eigenvalue weighted by Crippen LogP contribution is 2.39. The van der Waals surface area contributed by atoms with Crippen LogP contribution >= 0.6 is 0 Å². The highest BCUT2D eigenvalue weighted by Gasteiger charge is 2.17. The minimum atomic E-state index is 1.18. The van der Waals surface area contributed by atoms with E-state index in [4.69, 9.17) is 0 Å². The molecule has 2 heteroatoms. The van der Waals surface area contributed by atoms with Crippen molar-refractivity contribution in [2.24, 2.45) is 0 Å². The van der Waals surface area contributed by atoms with Crippen molar-refractivity contribution >= 4 is 43.6 Å². The predicted molar refractivity (Wildman–Crippen MR) is 195 cm³/mol. The second-order valence-electron chi connectivity index (χ2n) is 12.3. The zero-order valence-corrected chi connectivity index (χ0v) is 25.9. The fourth-order valence-electron chi connectivity index (χ4n) is 7.58. The minimum Gasteiger partial charge on any atom is -0.309 e.